The van der Waals surface area contributed by atoms with Crippen LogP contribution in [0.25, 0.3) is 0 Å². The van der Waals surface area contributed by atoms with Crippen molar-refractivity contribution >= 4 is 0 Å². The summed E-state index contributed by atoms with van der Waals surface area (Å²) in [6.45, 7) is 2.92. The molecule has 1 unspecified atom stereocenters. The fourth-order valence-electron chi connectivity index (χ4n) is 2.30. The van der Waals surface area contributed by atoms with E-state index in [1.807, 2.05) is 13.0 Å². The standard InChI is InChI=1S/C13H18FNO/c1-9-6-12(14)11(13(7-9)16-2)8-10-4-3-5-15-10/h6-7,10,15H,3-5,8H2,1-2H3. The largest absolute Gasteiger partial charge is 0.496 e. The van der Waals surface area contributed by atoms with Crippen LogP contribution < -0.4 is 10.1 Å². The molecule has 3 heteroatoms. The van der Waals surface area contributed by atoms with Crippen LogP contribution in [0.1, 0.15) is 24.0 Å². The molecular weight excluding hydrogens is 205 g/mol. The van der Waals surface area contributed by atoms with Crippen molar-refractivity contribution in [2.75, 3.05) is 13.7 Å². The second-order valence-electron chi connectivity index (χ2n) is 4.42. The number of methoxy groups -OCH3 is 1. The van der Waals surface area contributed by atoms with Gasteiger partial charge >= 0.3 is 0 Å². The molecule has 1 fully saturated rings. The van der Waals surface area contributed by atoms with Crippen LogP contribution in [0.15, 0.2) is 12.1 Å². The highest BCUT2D eigenvalue weighted by Gasteiger charge is 2.19. The molecule has 0 spiro atoms. The molecule has 0 radical (unpaired) electrons. The van der Waals surface area contributed by atoms with Crippen LogP contribution in [0, 0.1) is 12.7 Å². The lowest BCUT2D eigenvalue weighted by Crippen LogP contribution is -2.24. The van der Waals surface area contributed by atoms with Crippen molar-refractivity contribution in [1.29, 1.82) is 0 Å². The Bertz CT molecular complexity index is 372. The molecule has 1 aromatic carbocycles. The fourth-order valence-corrected chi connectivity index (χ4v) is 2.30. The van der Waals surface area contributed by atoms with Crippen molar-refractivity contribution in [2.45, 2.75) is 32.2 Å². The normalized spacial score (nSPS) is 20.1. The summed E-state index contributed by atoms with van der Waals surface area (Å²) < 4.78 is 19.1. The van der Waals surface area contributed by atoms with Crippen LogP contribution in [0.3, 0.4) is 0 Å². The van der Waals surface area contributed by atoms with Gasteiger partial charge in [-0.2, -0.15) is 0 Å². The third-order valence-electron chi connectivity index (χ3n) is 3.13. The maximum atomic E-state index is 13.8. The molecule has 2 rings (SSSR count). The predicted octanol–water partition coefficient (Wildman–Crippen LogP) is 2.44. The molecular formula is C13H18FNO. The van der Waals surface area contributed by atoms with Crippen LogP contribution in [0.4, 0.5) is 4.39 Å². The molecule has 0 aromatic heterocycles. The summed E-state index contributed by atoms with van der Waals surface area (Å²) >= 11 is 0. The monoisotopic (exact) mass is 223 g/mol. The van der Waals surface area contributed by atoms with E-state index in [0.29, 0.717) is 17.4 Å². The first-order valence-corrected chi connectivity index (χ1v) is 5.77. The minimum absolute atomic E-state index is 0.148. The molecule has 88 valence electrons. The summed E-state index contributed by atoms with van der Waals surface area (Å²) in [7, 11) is 1.60. The van der Waals surface area contributed by atoms with Crippen molar-refractivity contribution in [3.05, 3.63) is 29.1 Å². The molecule has 1 aliphatic heterocycles. The minimum atomic E-state index is -0.148. The van der Waals surface area contributed by atoms with E-state index in [-0.39, 0.29) is 5.82 Å². The number of halogens is 1. The second-order valence-corrected chi connectivity index (χ2v) is 4.42. The average Bonchev–Trinajstić information content (AvgIpc) is 2.74. The van der Waals surface area contributed by atoms with E-state index in [0.717, 1.165) is 24.9 Å². The van der Waals surface area contributed by atoms with E-state index in [1.165, 1.54) is 6.42 Å². The van der Waals surface area contributed by atoms with E-state index in [4.69, 9.17) is 4.74 Å². The van der Waals surface area contributed by atoms with E-state index in [2.05, 4.69) is 5.32 Å². The Morgan fingerprint density at radius 1 is 1.50 bits per heavy atom. The van der Waals surface area contributed by atoms with Gasteiger partial charge in [-0.25, -0.2) is 4.39 Å². The highest BCUT2D eigenvalue weighted by atomic mass is 19.1. The maximum Gasteiger partial charge on any atom is 0.130 e. The Labute approximate surface area is 95.8 Å². The van der Waals surface area contributed by atoms with Crippen molar-refractivity contribution in [2.24, 2.45) is 0 Å². The van der Waals surface area contributed by atoms with Crippen LogP contribution in [0.2, 0.25) is 0 Å². The topological polar surface area (TPSA) is 21.3 Å². The molecule has 0 saturated carbocycles. The number of rotatable bonds is 3. The maximum absolute atomic E-state index is 13.8. The van der Waals surface area contributed by atoms with Gasteiger partial charge in [0, 0.05) is 11.6 Å². The van der Waals surface area contributed by atoms with Gasteiger partial charge in [0.1, 0.15) is 11.6 Å². The molecule has 1 aromatic rings. The Morgan fingerprint density at radius 3 is 2.94 bits per heavy atom. The first-order chi connectivity index (χ1) is 7.70. The minimum Gasteiger partial charge on any atom is -0.496 e. The number of hydrogen-bond donors (Lipinski definition) is 1. The first kappa shape index (κ1) is 11.4. The zero-order valence-corrected chi connectivity index (χ0v) is 9.85. The van der Waals surface area contributed by atoms with Crippen LogP contribution in [-0.2, 0) is 6.42 Å². The van der Waals surface area contributed by atoms with Gasteiger partial charge in [-0.05, 0) is 50.4 Å². The molecule has 1 saturated heterocycles. The van der Waals surface area contributed by atoms with Gasteiger partial charge in [-0.3, -0.25) is 0 Å². The lowest BCUT2D eigenvalue weighted by atomic mass is 10.0. The third-order valence-corrected chi connectivity index (χ3v) is 3.13. The van der Waals surface area contributed by atoms with Crippen LogP contribution in [-0.4, -0.2) is 19.7 Å². The SMILES string of the molecule is COc1cc(C)cc(F)c1CC1CCCN1. The zero-order chi connectivity index (χ0) is 11.5. The number of hydrogen-bond acceptors (Lipinski definition) is 2. The number of nitrogens with one attached hydrogen (secondary N) is 1. The fraction of sp³-hybridized carbons (Fsp3) is 0.538. The van der Waals surface area contributed by atoms with Crippen molar-refractivity contribution in [3.63, 3.8) is 0 Å². The second kappa shape index (κ2) is 4.83. The van der Waals surface area contributed by atoms with E-state index in [1.54, 1.807) is 13.2 Å². The quantitative estimate of drug-likeness (QED) is 0.849. The lowest BCUT2D eigenvalue weighted by molar-refractivity contribution is 0.400. The molecule has 1 aliphatic rings. The van der Waals surface area contributed by atoms with Gasteiger partial charge in [0.15, 0.2) is 0 Å². The van der Waals surface area contributed by atoms with Gasteiger partial charge in [0.05, 0.1) is 7.11 Å². The summed E-state index contributed by atoms with van der Waals surface area (Å²) in [5.74, 6) is 0.525. The molecule has 1 N–H and O–H groups in total. The van der Waals surface area contributed by atoms with E-state index < -0.39 is 0 Å². The first-order valence-electron chi connectivity index (χ1n) is 5.77. The number of ether oxygens (including phenoxy) is 1. The molecule has 1 atom stereocenters. The Kier molecular flexibility index (Phi) is 3.44. The molecule has 2 nitrogen and oxygen atoms in total. The predicted molar refractivity (Wildman–Crippen MR) is 62.4 cm³/mol. The summed E-state index contributed by atoms with van der Waals surface area (Å²) in [6, 6.07) is 3.87. The van der Waals surface area contributed by atoms with Gasteiger partial charge < -0.3 is 10.1 Å². The third kappa shape index (κ3) is 2.35. The molecule has 0 bridgehead atoms. The summed E-state index contributed by atoms with van der Waals surface area (Å²) in [4.78, 5) is 0. The number of aryl methyl sites for hydroxylation is 1. The molecule has 0 amide bonds. The van der Waals surface area contributed by atoms with Crippen molar-refractivity contribution in [3.8, 4) is 5.75 Å². The van der Waals surface area contributed by atoms with Crippen molar-refractivity contribution < 1.29 is 9.13 Å². The zero-order valence-electron chi connectivity index (χ0n) is 9.85. The average molecular weight is 223 g/mol. The highest BCUT2D eigenvalue weighted by Crippen LogP contribution is 2.26. The molecule has 0 aliphatic carbocycles. The summed E-state index contributed by atoms with van der Waals surface area (Å²) in [5.41, 5.74) is 1.60. The van der Waals surface area contributed by atoms with Gasteiger partial charge in [0.2, 0.25) is 0 Å². The Morgan fingerprint density at radius 2 is 2.31 bits per heavy atom. The Hall–Kier alpha value is -1.09. The summed E-state index contributed by atoms with van der Waals surface area (Å²) in [5, 5.41) is 3.38. The van der Waals surface area contributed by atoms with Crippen LogP contribution >= 0.6 is 0 Å². The van der Waals surface area contributed by atoms with Gasteiger partial charge in [0.25, 0.3) is 0 Å². The summed E-state index contributed by atoms with van der Waals surface area (Å²) in [6.07, 6.45) is 3.02. The number of benzene rings is 1. The smallest absolute Gasteiger partial charge is 0.130 e. The van der Waals surface area contributed by atoms with E-state index in [9.17, 15) is 4.39 Å². The van der Waals surface area contributed by atoms with Crippen molar-refractivity contribution in [1.82, 2.24) is 5.32 Å². The lowest BCUT2D eigenvalue weighted by Gasteiger charge is -2.15. The highest BCUT2D eigenvalue weighted by molar-refractivity contribution is 5.39. The van der Waals surface area contributed by atoms with Crippen LogP contribution in [0.5, 0.6) is 5.75 Å². The van der Waals surface area contributed by atoms with Gasteiger partial charge in [-0.1, -0.05) is 0 Å². The van der Waals surface area contributed by atoms with E-state index >= 15 is 0 Å². The Balaban J connectivity index is 2.23. The molecule has 1 heterocycles. The molecule has 16 heavy (non-hydrogen) atoms. The van der Waals surface area contributed by atoms with Gasteiger partial charge in [-0.15, -0.1) is 0 Å².